The molecule has 0 fully saturated rings. The minimum atomic E-state index is -0.543. The Labute approximate surface area is 139 Å². The van der Waals surface area contributed by atoms with Crippen molar-refractivity contribution < 1.29 is 5.11 Å². The van der Waals surface area contributed by atoms with Gasteiger partial charge in [-0.3, -0.25) is 0 Å². The second-order valence-electron chi connectivity index (χ2n) is 6.18. The van der Waals surface area contributed by atoms with Crippen molar-refractivity contribution in [2.24, 2.45) is 0 Å². The van der Waals surface area contributed by atoms with Gasteiger partial charge in [0.25, 0.3) is 0 Å². The van der Waals surface area contributed by atoms with Crippen LogP contribution in [-0.2, 0) is 0 Å². The molecule has 23 heavy (non-hydrogen) atoms. The van der Waals surface area contributed by atoms with Gasteiger partial charge in [-0.1, -0.05) is 44.9 Å². The van der Waals surface area contributed by atoms with Gasteiger partial charge in [-0.05, 0) is 43.6 Å². The van der Waals surface area contributed by atoms with Gasteiger partial charge in [0.1, 0.15) is 5.82 Å². The number of hydrogen-bond donors (Lipinski definition) is 2. The van der Waals surface area contributed by atoms with Crippen molar-refractivity contribution in [3.05, 3.63) is 35.9 Å². The van der Waals surface area contributed by atoms with Crippen LogP contribution in [0.3, 0.4) is 0 Å². The Morgan fingerprint density at radius 1 is 1.13 bits per heavy atom. The Bertz CT molecular complexity index is 607. The number of aliphatic hydroxyl groups excluding tert-OH is 1. The van der Waals surface area contributed by atoms with Gasteiger partial charge in [-0.2, -0.15) is 0 Å². The molecule has 1 aromatic carbocycles. The van der Waals surface area contributed by atoms with Crippen molar-refractivity contribution in [1.82, 2.24) is 9.88 Å². The van der Waals surface area contributed by atoms with E-state index in [1.807, 2.05) is 30.3 Å². The number of unbranched alkanes of at least 4 members (excludes halogenated alkanes) is 2. The highest BCUT2D eigenvalue weighted by molar-refractivity contribution is 5.84. The number of nitrogen functional groups attached to an aromatic ring is 1. The zero-order valence-corrected chi connectivity index (χ0v) is 14.3. The van der Waals surface area contributed by atoms with Crippen molar-refractivity contribution in [2.75, 3.05) is 25.4 Å². The molecule has 0 radical (unpaired) electrons. The second kappa shape index (κ2) is 8.85. The number of aromatic nitrogens is 1. The lowest BCUT2D eigenvalue weighted by molar-refractivity contribution is 0.112. The molecule has 4 nitrogen and oxygen atoms in total. The summed E-state index contributed by atoms with van der Waals surface area (Å²) in [5, 5.41) is 11.8. The maximum Gasteiger partial charge on any atom is 0.124 e. The van der Waals surface area contributed by atoms with Gasteiger partial charge in [-0.25, -0.2) is 4.98 Å². The van der Waals surface area contributed by atoms with E-state index in [-0.39, 0.29) is 0 Å². The van der Waals surface area contributed by atoms with Crippen LogP contribution in [0.4, 0.5) is 5.82 Å². The summed E-state index contributed by atoms with van der Waals surface area (Å²) in [6, 6.07) is 9.67. The Balaban J connectivity index is 2.19. The summed E-state index contributed by atoms with van der Waals surface area (Å²) in [6.07, 6.45) is 4.12. The lowest BCUT2D eigenvalue weighted by Crippen LogP contribution is -2.31. The fourth-order valence-electron chi connectivity index (χ4n) is 2.90. The summed E-state index contributed by atoms with van der Waals surface area (Å²) in [6.45, 7) is 7.11. The maximum absolute atomic E-state index is 10.8. The lowest BCUT2D eigenvalue weighted by Gasteiger charge is -2.25. The van der Waals surface area contributed by atoms with Gasteiger partial charge in [0.2, 0.25) is 0 Å². The van der Waals surface area contributed by atoms with Crippen molar-refractivity contribution in [3.8, 4) is 0 Å². The minimum Gasteiger partial charge on any atom is -0.387 e. The van der Waals surface area contributed by atoms with E-state index in [4.69, 9.17) is 5.73 Å². The third-order valence-electron chi connectivity index (χ3n) is 4.21. The van der Waals surface area contributed by atoms with Crippen molar-refractivity contribution in [1.29, 1.82) is 0 Å². The van der Waals surface area contributed by atoms with Crippen LogP contribution in [0.25, 0.3) is 10.9 Å². The number of nitrogens with two attached hydrogens (primary N) is 1. The first-order valence-electron chi connectivity index (χ1n) is 8.71. The summed E-state index contributed by atoms with van der Waals surface area (Å²) in [4.78, 5) is 6.71. The average Bonchev–Trinajstić information content (AvgIpc) is 2.56. The third-order valence-corrected chi connectivity index (χ3v) is 4.21. The third kappa shape index (κ3) is 4.91. The molecule has 0 spiro atoms. The maximum atomic E-state index is 10.8. The van der Waals surface area contributed by atoms with Gasteiger partial charge in [0.15, 0.2) is 0 Å². The molecular formula is C19H29N3O. The van der Waals surface area contributed by atoms with E-state index in [0.717, 1.165) is 42.4 Å². The standard InChI is InChI=1S/C19H29N3O/c1-3-5-11-22(12-6-4-2)14-18(23)16-13-19(20)21-17-10-8-7-9-15(16)17/h7-10,13,18,23H,3-6,11-12,14H2,1-2H3,(H2,20,21). The van der Waals surface area contributed by atoms with Crippen LogP contribution in [0, 0.1) is 0 Å². The molecule has 0 aliphatic rings. The van der Waals surface area contributed by atoms with Crippen LogP contribution < -0.4 is 5.73 Å². The Morgan fingerprint density at radius 3 is 2.43 bits per heavy atom. The number of nitrogens with zero attached hydrogens (tertiary/aromatic N) is 2. The summed E-state index contributed by atoms with van der Waals surface area (Å²) in [5.41, 5.74) is 7.64. The van der Waals surface area contributed by atoms with E-state index in [9.17, 15) is 5.11 Å². The molecule has 3 N–H and O–H groups in total. The van der Waals surface area contributed by atoms with Crippen LogP contribution in [-0.4, -0.2) is 34.6 Å². The molecule has 2 rings (SSSR count). The molecule has 0 amide bonds. The first-order valence-corrected chi connectivity index (χ1v) is 8.71. The highest BCUT2D eigenvalue weighted by Gasteiger charge is 2.16. The molecule has 2 aromatic rings. The van der Waals surface area contributed by atoms with Crippen LogP contribution in [0.2, 0.25) is 0 Å². The highest BCUT2D eigenvalue weighted by atomic mass is 16.3. The largest absolute Gasteiger partial charge is 0.387 e. The van der Waals surface area contributed by atoms with Gasteiger partial charge in [-0.15, -0.1) is 0 Å². The summed E-state index contributed by atoms with van der Waals surface area (Å²) in [7, 11) is 0. The molecule has 1 unspecified atom stereocenters. The number of para-hydroxylation sites is 1. The molecule has 1 heterocycles. The van der Waals surface area contributed by atoms with Crippen LogP contribution in [0.15, 0.2) is 30.3 Å². The molecule has 1 atom stereocenters. The van der Waals surface area contributed by atoms with Gasteiger partial charge in [0.05, 0.1) is 11.6 Å². The molecule has 0 saturated heterocycles. The molecule has 0 bridgehead atoms. The van der Waals surface area contributed by atoms with E-state index in [2.05, 4.69) is 23.7 Å². The van der Waals surface area contributed by atoms with Gasteiger partial charge >= 0.3 is 0 Å². The molecule has 4 heteroatoms. The SMILES string of the molecule is CCCCN(CCCC)CC(O)c1cc(N)nc2ccccc12. The lowest BCUT2D eigenvalue weighted by atomic mass is 10.0. The van der Waals surface area contributed by atoms with Crippen LogP contribution in [0.1, 0.15) is 51.2 Å². The van der Waals surface area contributed by atoms with E-state index in [1.54, 1.807) is 0 Å². The smallest absolute Gasteiger partial charge is 0.124 e. The highest BCUT2D eigenvalue weighted by Crippen LogP contribution is 2.26. The molecule has 0 aliphatic carbocycles. The van der Waals surface area contributed by atoms with Crippen LogP contribution in [0.5, 0.6) is 0 Å². The molecular weight excluding hydrogens is 286 g/mol. The first-order chi connectivity index (χ1) is 11.2. The molecule has 126 valence electrons. The Kier molecular flexibility index (Phi) is 6.81. The molecule has 0 saturated carbocycles. The number of rotatable bonds is 9. The zero-order chi connectivity index (χ0) is 16.7. The Hall–Kier alpha value is -1.65. The minimum absolute atomic E-state index is 0.464. The summed E-state index contributed by atoms with van der Waals surface area (Å²) >= 11 is 0. The normalized spacial score (nSPS) is 12.9. The predicted molar refractivity (Wildman–Crippen MR) is 97.4 cm³/mol. The number of hydrogen-bond acceptors (Lipinski definition) is 4. The van der Waals surface area contributed by atoms with Gasteiger partial charge in [0, 0.05) is 11.9 Å². The Morgan fingerprint density at radius 2 is 1.78 bits per heavy atom. The number of fused-ring (bicyclic) bond motifs is 1. The summed E-state index contributed by atoms with van der Waals surface area (Å²) in [5.74, 6) is 0.464. The fourth-order valence-corrected chi connectivity index (χ4v) is 2.90. The number of aliphatic hydroxyl groups is 1. The van der Waals surface area contributed by atoms with Crippen molar-refractivity contribution in [3.63, 3.8) is 0 Å². The topological polar surface area (TPSA) is 62.4 Å². The van der Waals surface area contributed by atoms with E-state index >= 15 is 0 Å². The van der Waals surface area contributed by atoms with Crippen molar-refractivity contribution >= 4 is 16.7 Å². The fraction of sp³-hybridized carbons (Fsp3) is 0.526. The average molecular weight is 315 g/mol. The number of anilines is 1. The second-order valence-corrected chi connectivity index (χ2v) is 6.18. The monoisotopic (exact) mass is 315 g/mol. The van der Waals surface area contributed by atoms with Gasteiger partial charge < -0.3 is 15.7 Å². The van der Waals surface area contributed by atoms with Crippen LogP contribution >= 0.6 is 0 Å². The van der Waals surface area contributed by atoms with E-state index in [0.29, 0.717) is 12.4 Å². The molecule has 0 aliphatic heterocycles. The first kappa shape index (κ1) is 17.7. The quantitative estimate of drug-likeness (QED) is 0.740. The predicted octanol–water partition coefficient (Wildman–Crippen LogP) is 3.75. The van der Waals surface area contributed by atoms with E-state index < -0.39 is 6.10 Å². The number of pyridine rings is 1. The van der Waals surface area contributed by atoms with Crippen molar-refractivity contribution in [2.45, 2.75) is 45.6 Å². The zero-order valence-electron chi connectivity index (χ0n) is 14.3. The van der Waals surface area contributed by atoms with E-state index in [1.165, 1.54) is 12.8 Å². The number of benzene rings is 1. The summed E-state index contributed by atoms with van der Waals surface area (Å²) < 4.78 is 0. The molecule has 1 aromatic heterocycles.